The van der Waals surface area contributed by atoms with Gasteiger partial charge in [0.25, 0.3) is 5.91 Å². The van der Waals surface area contributed by atoms with Gasteiger partial charge in [-0.15, -0.1) is 0 Å². The number of rotatable bonds is 5. The molecule has 1 amide bonds. The lowest BCUT2D eigenvalue weighted by Gasteiger charge is -2.19. The van der Waals surface area contributed by atoms with Crippen molar-refractivity contribution in [3.8, 4) is 5.69 Å². The summed E-state index contributed by atoms with van der Waals surface area (Å²) in [6, 6.07) is 7.06. The molecule has 22 heavy (non-hydrogen) atoms. The van der Waals surface area contributed by atoms with E-state index >= 15 is 0 Å². The molecule has 0 aliphatic carbocycles. The first kappa shape index (κ1) is 15.8. The van der Waals surface area contributed by atoms with Gasteiger partial charge in [0.2, 0.25) is 0 Å². The van der Waals surface area contributed by atoms with E-state index < -0.39 is 11.9 Å². The van der Waals surface area contributed by atoms with Gasteiger partial charge in [0.05, 0.1) is 17.8 Å². The summed E-state index contributed by atoms with van der Waals surface area (Å²) >= 11 is 0. The second-order valence-corrected chi connectivity index (χ2v) is 5.43. The molecule has 1 aromatic heterocycles. The molecule has 1 heterocycles. The van der Waals surface area contributed by atoms with Crippen LogP contribution < -0.4 is 0 Å². The zero-order valence-electron chi connectivity index (χ0n) is 12.9. The predicted octanol–water partition coefficient (Wildman–Crippen LogP) is 1.97. The highest BCUT2D eigenvalue weighted by atomic mass is 16.4. The minimum Gasteiger partial charge on any atom is -0.481 e. The Kier molecular flexibility index (Phi) is 4.60. The van der Waals surface area contributed by atoms with Crippen molar-refractivity contribution in [2.24, 2.45) is 5.92 Å². The van der Waals surface area contributed by atoms with Crippen molar-refractivity contribution in [3.05, 3.63) is 47.8 Å². The molecule has 2 rings (SSSR count). The van der Waals surface area contributed by atoms with Gasteiger partial charge in [-0.05, 0) is 36.8 Å². The number of amides is 1. The van der Waals surface area contributed by atoms with Crippen LogP contribution in [0.1, 0.15) is 22.8 Å². The van der Waals surface area contributed by atoms with Crippen LogP contribution >= 0.6 is 0 Å². The van der Waals surface area contributed by atoms with Crippen LogP contribution in [0.4, 0.5) is 0 Å². The molecule has 1 unspecified atom stereocenters. The van der Waals surface area contributed by atoms with E-state index in [0.717, 1.165) is 11.3 Å². The zero-order chi connectivity index (χ0) is 16.3. The molecule has 0 saturated carbocycles. The van der Waals surface area contributed by atoms with Gasteiger partial charge in [-0.2, -0.15) is 5.10 Å². The number of carbonyl (C=O) groups is 2. The lowest BCUT2D eigenvalue weighted by atomic mass is 10.1. The van der Waals surface area contributed by atoms with Crippen LogP contribution in [0.3, 0.4) is 0 Å². The van der Waals surface area contributed by atoms with Crippen LogP contribution in [-0.2, 0) is 4.79 Å². The van der Waals surface area contributed by atoms with Crippen molar-refractivity contribution in [2.45, 2.75) is 13.8 Å². The maximum absolute atomic E-state index is 12.3. The molecule has 0 radical (unpaired) electrons. The van der Waals surface area contributed by atoms with Crippen LogP contribution in [0.25, 0.3) is 5.69 Å². The molecule has 0 aliphatic rings. The molecule has 0 aliphatic heterocycles. The van der Waals surface area contributed by atoms with Crippen LogP contribution in [0.15, 0.2) is 36.7 Å². The van der Waals surface area contributed by atoms with E-state index in [2.05, 4.69) is 5.10 Å². The van der Waals surface area contributed by atoms with Gasteiger partial charge in [0.15, 0.2) is 0 Å². The van der Waals surface area contributed by atoms with E-state index in [1.807, 2.05) is 25.3 Å². The van der Waals surface area contributed by atoms with Crippen molar-refractivity contribution < 1.29 is 14.7 Å². The molecule has 1 aromatic carbocycles. The first-order valence-corrected chi connectivity index (χ1v) is 6.98. The smallest absolute Gasteiger partial charge is 0.308 e. The monoisotopic (exact) mass is 301 g/mol. The SMILES string of the molecule is Cc1cnn(-c2ccc(C(=O)N(C)CC(C)C(=O)O)cc2)c1. The highest BCUT2D eigenvalue weighted by molar-refractivity contribution is 5.94. The normalized spacial score (nSPS) is 12.0. The van der Waals surface area contributed by atoms with Gasteiger partial charge in [-0.3, -0.25) is 9.59 Å². The highest BCUT2D eigenvalue weighted by Crippen LogP contribution is 2.12. The molecule has 1 N–H and O–H groups in total. The number of aryl methyl sites for hydroxylation is 1. The Labute approximate surface area is 129 Å². The topological polar surface area (TPSA) is 75.4 Å². The maximum Gasteiger partial charge on any atom is 0.308 e. The number of aromatic nitrogens is 2. The summed E-state index contributed by atoms with van der Waals surface area (Å²) in [5.74, 6) is -1.71. The van der Waals surface area contributed by atoms with E-state index in [4.69, 9.17) is 5.11 Å². The molecule has 0 bridgehead atoms. The number of carboxylic acid groups (broad SMARTS) is 1. The largest absolute Gasteiger partial charge is 0.481 e. The van der Waals surface area contributed by atoms with E-state index in [0.29, 0.717) is 5.56 Å². The summed E-state index contributed by atoms with van der Waals surface area (Å²) in [6.07, 6.45) is 3.66. The summed E-state index contributed by atoms with van der Waals surface area (Å²) in [5, 5.41) is 13.1. The predicted molar refractivity (Wildman–Crippen MR) is 82.1 cm³/mol. The number of carbonyl (C=O) groups excluding carboxylic acids is 1. The molecule has 1 atom stereocenters. The number of carboxylic acids is 1. The van der Waals surface area contributed by atoms with Gasteiger partial charge in [-0.25, -0.2) is 4.68 Å². The van der Waals surface area contributed by atoms with E-state index in [9.17, 15) is 9.59 Å². The summed E-state index contributed by atoms with van der Waals surface area (Å²) in [4.78, 5) is 24.5. The van der Waals surface area contributed by atoms with Crippen molar-refractivity contribution >= 4 is 11.9 Å². The Balaban J connectivity index is 2.09. The van der Waals surface area contributed by atoms with Crippen LogP contribution in [0, 0.1) is 12.8 Å². The lowest BCUT2D eigenvalue weighted by Crippen LogP contribution is -2.33. The maximum atomic E-state index is 12.3. The van der Waals surface area contributed by atoms with Gasteiger partial charge >= 0.3 is 5.97 Å². The van der Waals surface area contributed by atoms with Crippen LogP contribution in [0.5, 0.6) is 0 Å². The Morgan fingerprint density at radius 1 is 1.32 bits per heavy atom. The number of benzene rings is 1. The molecular formula is C16H19N3O3. The number of nitrogens with zero attached hydrogens (tertiary/aromatic N) is 3. The Morgan fingerprint density at radius 2 is 1.95 bits per heavy atom. The molecule has 6 heteroatoms. The molecule has 0 spiro atoms. The minimum atomic E-state index is -0.913. The lowest BCUT2D eigenvalue weighted by molar-refractivity contribution is -0.141. The summed E-state index contributed by atoms with van der Waals surface area (Å²) in [7, 11) is 1.60. The third-order valence-corrected chi connectivity index (χ3v) is 3.41. The second-order valence-electron chi connectivity index (χ2n) is 5.43. The standard InChI is InChI=1S/C16H19N3O3/c1-11-8-17-19(9-11)14-6-4-13(5-7-14)15(20)18(3)10-12(2)16(21)22/h4-9,12H,10H2,1-3H3,(H,21,22). The minimum absolute atomic E-state index is 0.175. The van der Waals surface area contributed by atoms with Crippen molar-refractivity contribution in [2.75, 3.05) is 13.6 Å². The van der Waals surface area contributed by atoms with E-state index in [-0.39, 0.29) is 12.5 Å². The van der Waals surface area contributed by atoms with Crippen molar-refractivity contribution in [1.29, 1.82) is 0 Å². The number of hydrogen-bond donors (Lipinski definition) is 1. The quantitative estimate of drug-likeness (QED) is 0.916. The van der Waals surface area contributed by atoms with E-state index in [1.54, 1.807) is 37.0 Å². The summed E-state index contributed by atoms with van der Waals surface area (Å²) in [5.41, 5.74) is 2.45. The van der Waals surface area contributed by atoms with Crippen molar-refractivity contribution in [3.63, 3.8) is 0 Å². The fourth-order valence-corrected chi connectivity index (χ4v) is 2.10. The van der Waals surface area contributed by atoms with Crippen LogP contribution in [-0.4, -0.2) is 45.3 Å². The first-order chi connectivity index (χ1) is 10.4. The third kappa shape index (κ3) is 3.52. The second kappa shape index (κ2) is 6.43. The average Bonchev–Trinajstić information content (AvgIpc) is 2.93. The summed E-state index contributed by atoms with van der Waals surface area (Å²) < 4.78 is 1.74. The molecule has 6 nitrogen and oxygen atoms in total. The molecular weight excluding hydrogens is 282 g/mol. The Hall–Kier alpha value is -2.63. The molecule has 0 fully saturated rings. The summed E-state index contributed by atoms with van der Waals surface area (Å²) in [6.45, 7) is 3.71. The Morgan fingerprint density at radius 3 is 2.45 bits per heavy atom. The first-order valence-electron chi connectivity index (χ1n) is 6.98. The molecule has 0 saturated heterocycles. The average molecular weight is 301 g/mol. The fraction of sp³-hybridized carbons (Fsp3) is 0.312. The van der Waals surface area contributed by atoms with Gasteiger partial charge in [0.1, 0.15) is 0 Å². The molecule has 116 valence electrons. The Bertz CT molecular complexity index is 676. The van der Waals surface area contributed by atoms with Gasteiger partial charge < -0.3 is 10.0 Å². The van der Waals surface area contributed by atoms with Crippen molar-refractivity contribution in [1.82, 2.24) is 14.7 Å². The highest BCUT2D eigenvalue weighted by Gasteiger charge is 2.18. The van der Waals surface area contributed by atoms with Gasteiger partial charge in [-0.1, -0.05) is 6.92 Å². The fourth-order valence-electron chi connectivity index (χ4n) is 2.10. The van der Waals surface area contributed by atoms with Gasteiger partial charge in [0, 0.05) is 25.4 Å². The zero-order valence-corrected chi connectivity index (χ0v) is 12.9. The molecule has 2 aromatic rings. The third-order valence-electron chi connectivity index (χ3n) is 3.41. The number of hydrogen-bond acceptors (Lipinski definition) is 3. The van der Waals surface area contributed by atoms with Crippen LogP contribution in [0.2, 0.25) is 0 Å². The van der Waals surface area contributed by atoms with E-state index in [1.165, 1.54) is 4.90 Å². The number of aliphatic carboxylic acids is 1.